The fourth-order valence-corrected chi connectivity index (χ4v) is 3.45. The van der Waals surface area contributed by atoms with Crippen LogP contribution >= 0.6 is 0 Å². The molecule has 7 heteroatoms. The highest BCUT2D eigenvalue weighted by molar-refractivity contribution is 7.89. The van der Waals surface area contributed by atoms with Gasteiger partial charge in [0.25, 0.3) is 0 Å². The maximum Gasteiger partial charge on any atom is 0.240 e. The minimum atomic E-state index is -3.62. The van der Waals surface area contributed by atoms with E-state index in [1.165, 1.54) is 17.7 Å². The number of sulfonamides is 1. The lowest BCUT2D eigenvalue weighted by atomic mass is 10.0. The van der Waals surface area contributed by atoms with Gasteiger partial charge in [-0.15, -0.1) is 0 Å². The molecule has 25 heavy (non-hydrogen) atoms. The molecule has 134 valence electrons. The highest BCUT2D eigenvalue weighted by atomic mass is 32.2. The predicted octanol–water partition coefficient (Wildman–Crippen LogP) is 2.90. The molecule has 0 aliphatic carbocycles. The lowest BCUT2D eigenvalue weighted by Gasteiger charge is -2.10. The molecule has 1 aliphatic rings. The fraction of sp³-hybridized carbons (Fsp3) is 0.333. The van der Waals surface area contributed by atoms with Crippen molar-refractivity contribution in [2.45, 2.75) is 24.7 Å². The summed E-state index contributed by atoms with van der Waals surface area (Å²) in [7, 11) is -3.62. The van der Waals surface area contributed by atoms with Crippen molar-refractivity contribution in [3.05, 3.63) is 48.0 Å². The molecule has 1 heterocycles. The summed E-state index contributed by atoms with van der Waals surface area (Å²) in [5, 5.41) is 0. The third-order valence-electron chi connectivity index (χ3n) is 3.86. The number of hydrogen-bond acceptors (Lipinski definition) is 5. The van der Waals surface area contributed by atoms with Crippen LogP contribution in [0.25, 0.3) is 0 Å². The molecule has 2 aromatic carbocycles. The molecule has 0 radical (unpaired) electrons. The number of rotatable bonds is 7. The van der Waals surface area contributed by atoms with Crippen LogP contribution < -0.4 is 18.9 Å². The molecular formula is C18H21NO5S. The van der Waals surface area contributed by atoms with E-state index in [4.69, 9.17) is 14.2 Å². The van der Waals surface area contributed by atoms with E-state index in [2.05, 4.69) is 18.6 Å². The van der Waals surface area contributed by atoms with E-state index in [0.717, 1.165) is 0 Å². The van der Waals surface area contributed by atoms with Gasteiger partial charge >= 0.3 is 0 Å². The normalized spacial score (nSPS) is 13.2. The molecule has 2 aromatic rings. The molecule has 0 spiro atoms. The summed E-state index contributed by atoms with van der Waals surface area (Å²) in [4.78, 5) is 0.137. The highest BCUT2D eigenvalue weighted by Crippen LogP contribution is 2.33. The molecule has 1 aliphatic heterocycles. The van der Waals surface area contributed by atoms with Gasteiger partial charge in [0.2, 0.25) is 16.8 Å². The predicted molar refractivity (Wildman–Crippen MR) is 93.8 cm³/mol. The zero-order valence-electron chi connectivity index (χ0n) is 14.2. The van der Waals surface area contributed by atoms with Gasteiger partial charge in [-0.1, -0.05) is 26.0 Å². The van der Waals surface area contributed by atoms with Crippen LogP contribution in [0.1, 0.15) is 25.3 Å². The molecule has 0 aromatic heterocycles. The maximum absolute atomic E-state index is 12.3. The summed E-state index contributed by atoms with van der Waals surface area (Å²) in [6, 6.07) is 12.3. The molecule has 0 fully saturated rings. The monoisotopic (exact) mass is 363 g/mol. The molecule has 6 nitrogen and oxygen atoms in total. The minimum Gasteiger partial charge on any atom is -0.492 e. The second kappa shape index (κ2) is 7.33. The van der Waals surface area contributed by atoms with Crippen LogP contribution in [0.5, 0.6) is 17.2 Å². The number of nitrogens with one attached hydrogen (secondary N) is 1. The van der Waals surface area contributed by atoms with E-state index in [-0.39, 0.29) is 24.8 Å². The van der Waals surface area contributed by atoms with Gasteiger partial charge in [-0.05, 0) is 35.7 Å². The Morgan fingerprint density at radius 2 is 1.80 bits per heavy atom. The Balaban J connectivity index is 1.52. The summed E-state index contributed by atoms with van der Waals surface area (Å²) < 4.78 is 43.1. The summed E-state index contributed by atoms with van der Waals surface area (Å²) in [5.41, 5.74) is 1.23. The first-order chi connectivity index (χ1) is 12.0. The Hall–Kier alpha value is -2.25. The standard InChI is InChI=1S/C18H21NO5S/c1-13(2)14-3-5-15(6-4-14)22-10-9-19-25(20,21)16-7-8-17-18(11-16)24-12-23-17/h3-8,11,13,19H,9-10,12H2,1-2H3. The number of hydrogen-bond donors (Lipinski definition) is 1. The molecule has 0 saturated heterocycles. The van der Waals surface area contributed by atoms with Crippen molar-refractivity contribution in [1.82, 2.24) is 4.72 Å². The summed E-state index contributed by atoms with van der Waals surface area (Å²) >= 11 is 0. The lowest BCUT2D eigenvalue weighted by molar-refractivity contribution is 0.174. The number of benzene rings is 2. The third-order valence-corrected chi connectivity index (χ3v) is 5.32. The molecular weight excluding hydrogens is 342 g/mol. The molecule has 0 atom stereocenters. The van der Waals surface area contributed by atoms with Crippen molar-refractivity contribution < 1.29 is 22.6 Å². The van der Waals surface area contributed by atoms with Gasteiger partial charge in [-0.3, -0.25) is 0 Å². The molecule has 0 amide bonds. The first-order valence-corrected chi connectivity index (χ1v) is 9.56. The van der Waals surface area contributed by atoms with Gasteiger partial charge < -0.3 is 14.2 Å². The highest BCUT2D eigenvalue weighted by Gasteiger charge is 2.19. The molecule has 3 rings (SSSR count). The van der Waals surface area contributed by atoms with E-state index in [9.17, 15) is 8.42 Å². The maximum atomic E-state index is 12.3. The van der Waals surface area contributed by atoms with Crippen molar-refractivity contribution in [3.63, 3.8) is 0 Å². The second-order valence-electron chi connectivity index (χ2n) is 5.99. The summed E-state index contributed by atoms with van der Waals surface area (Å²) in [6.07, 6.45) is 0. The van der Waals surface area contributed by atoms with Crippen LogP contribution in [0.4, 0.5) is 0 Å². The topological polar surface area (TPSA) is 73.9 Å². The summed E-state index contributed by atoms with van der Waals surface area (Å²) in [5.74, 6) is 2.16. The van der Waals surface area contributed by atoms with E-state index in [1.54, 1.807) is 6.07 Å². The average molecular weight is 363 g/mol. The van der Waals surface area contributed by atoms with Crippen LogP contribution in [0.15, 0.2) is 47.4 Å². The molecule has 0 saturated carbocycles. The van der Waals surface area contributed by atoms with Crippen molar-refractivity contribution in [1.29, 1.82) is 0 Å². The Morgan fingerprint density at radius 3 is 2.52 bits per heavy atom. The smallest absolute Gasteiger partial charge is 0.240 e. The van der Waals surface area contributed by atoms with Crippen molar-refractivity contribution in [2.75, 3.05) is 19.9 Å². The van der Waals surface area contributed by atoms with Crippen LogP contribution in [-0.4, -0.2) is 28.4 Å². The van der Waals surface area contributed by atoms with Crippen molar-refractivity contribution in [3.8, 4) is 17.2 Å². The van der Waals surface area contributed by atoms with Gasteiger partial charge in [0.05, 0.1) is 4.90 Å². The minimum absolute atomic E-state index is 0.107. The number of ether oxygens (including phenoxy) is 3. The SMILES string of the molecule is CC(C)c1ccc(OCCNS(=O)(=O)c2ccc3c(c2)OCO3)cc1. The summed E-state index contributed by atoms with van der Waals surface area (Å²) in [6.45, 7) is 4.77. The Labute approximate surface area is 147 Å². The largest absolute Gasteiger partial charge is 0.492 e. The van der Waals surface area contributed by atoms with Crippen LogP contribution in [0.3, 0.4) is 0 Å². The van der Waals surface area contributed by atoms with Gasteiger partial charge in [-0.2, -0.15) is 0 Å². The van der Waals surface area contributed by atoms with E-state index in [0.29, 0.717) is 23.2 Å². The third kappa shape index (κ3) is 4.24. The van der Waals surface area contributed by atoms with Crippen LogP contribution in [0.2, 0.25) is 0 Å². The lowest BCUT2D eigenvalue weighted by Crippen LogP contribution is -2.28. The Kier molecular flexibility index (Phi) is 5.15. The van der Waals surface area contributed by atoms with Gasteiger partial charge in [-0.25, -0.2) is 13.1 Å². The van der Waals surface area contributed by atoms with Gasteiger partial charge in [0.1, 0.15) is 12.4 Å². The number of fused-ring (bicyclic) bond motifs is 1. The van der Waals surface area contributed by atoms with Crippen LogP contribution in [-0.2, 0) is 10.0 Å². The molecule has 0 bridgehead atoms. The quantitative estimate of drug-likeness (QED) is 0.766. The van der Waals surface area contributed by atoms with E-state index < -0.39 is 10.0 Å². The first-order valence-electron chi connectivity index (χ1n) is 8.08. The van der Waals surface area contributed by atoms with Crippen molar-refractivity contribution in [2.24, 2.45) is 0 Å². The van der Waals surface area contributed by atoms with Gasteiger partial charge in [0.15, 0.2) is 11.5 Å². The fourth-order valence-electron chi connectivity index (χ4n) is 2.42. The zero-order valence-corrected chi connectivity index (χ0v) is 15.0. The Bertz CT molecular complexity index is 831. The second-order valence-corrected chi connectivity index (χ2v) is 7.75. The van der Waals surface area contributed by atoms with Crippen molar-refractivity contribution >= 4 is 10.0 Å². The average Bonchev–Trinajstić information content (AvgIpc) is 3.07. The molecule has 0 unspecified atom stereocenters. The first kappa shape index (κ1) is 17.6. The van der Waals surface area contributed by atoms with Gasteiger partial charge in [0, 0.05) is 12.6 Å². The Morgan fingerprint density at radius 1 is 1.08 bits per heavy atom. The van der Waals surface area contributed by atoms with Crippen LogP contribution in [0, 0.1) is 0 Å². The van der Waals surface area contributed by atoms with E-state index in [1.807, 2.05) is 24.3 Å². The van der Waals surface area contributed by atoms with E-state index >= 15 is 0 Å². The zero-order chi connectivity index (χ0) is 17.9. The molecule has 1 N–H and O–H groups in total.